The molecule has 0 aliphatic carbocycles. The van der Waals surface area contributed by atoms with Crippen molar-refractivity contribution in [2.45, 2.75) is 32.2 Å². The molecule has 1 saturated heterocycles. The molecule has 1 aliphatic rings. The van der Waals surface area contributed by atoms with E-state index in [1.54, 1.807) is 23.1 Å². The van der Waals surface area contributed by atoms with Crippen LogP contribution < -0.4 is 15.0 Å². The Hall–Kier alpha value is -1.75. The first-order valence-electron chi connectivity index (χ1n) is 7.01. The SMILES string of the molecule is CCCC1NC(=O)CCN(c2ccc(Cl)c(OC)c2)C1=O. The third-order valence-electron chi connectivity index (χ3n) is 3.49. The molecule has 1 aromatic carbocycles. The zero-order valence-electron chi connectivity index (χ0n) is 12.2. The highest BCUT2D eigenvalue weighted by molar-refractivity contribution is 6.32. The Bertz CT molecular complexity index is 548. The summed E-state index contributed by atoms with van der Waals surface area (Å²) in [6, 6.07) is 4.71. The van der Waals surface area contributed by atoms with Gasteiger partial charge in [0.25, 0.3) is 0 Å². The van der Waals surface area contributed by atoms with Crippen molar-refractivity contribution in [2.75, 3.05) is 18.6 Å². The second-order valence-electron chi connectivity index (χ2n) is 4.97. The molecule has 0 spiro atoms. The smallest absolute Gasteiger partial charge is 0.249 e. The molecule has 2 amide bonds. The first-order chi connectivity index (χ1) is 10.1. The van der Waals surface area contributed by atoms with E-state index in [0.717, 1.165) is 6.42 Å². The zero-order valence-corrected chi connectivity index (χ0v) is 12.9. The summed E-state index contributed by atoms with van der Waals surface area (Å²) in [4.78, 5) is 26.0. The van der Waals surface area contributed by atoms with Crippen LogP contribution in [0, 0.1) is 0 Å². The summed E-state index contributed by atoms with van der Waals surface area (Å²) in [6.45, 7) is 2.34. The summed E-state index contributed by atoms with van der Waals surface area (Å²) in [5.41, 5.74) is 0.693. The maximum Gasteiger partial charge on any atom is 0.249 e. The van der Waals surface area contributed by atoms with Crippen LogP contribution >= 0.6 is 11.6 Å². The van der Waals surface area contributed by atoms with Crippen molar-refractivity contribution in [2.24, 2.45) is 0 Å². The van der Waals surface area contributed by atoms with Crippen LogP contribution in [0.3, 0.4) is 0 Å². The molecule has 1 atom stereocenters. The Labute approximate surface area is 129 Å². The summed E-state index contributed by atoms with van der Waals surface area (Å²) < 4.78 is 5.19. The standard InChI is InChI=1S/C15H19ClN2O3/c1-3-4-12-15(20)18(8-7-14(19)17-12)10-5-6-11(16)13(9-10)21-2/h5-6,9,12H,3-4,7-8H2,1-2H3,(H,17,19). The Morgan fingerprint density at radius 1 is 1.43 bits per heavy atom. The number of nitrogens with one attached hydrogen (secondary N) is 1. The maximum absolute atomic E-state index is 12.6. The highest BCUT2D eigenvalue weighted by Crippen LogP contribution is 2.30. The number of carbonyl (C=O) groups is 2. The van der Waals surface area contributed by atoms with Crippen LogP contribution in [-0.2, 0) is 9.59 Å². The fourth-order valence-electron chi connectivity index (χ4n) is 2.40. The molecule has 1 aromatic rings. The molecule has 1 unspecified atom stereocenters. The van der Waals surface area contributed by atoms with Crippen molar-refractivity contribution < 1.29 is 14.3 Å². The molecule has 0 bridgehead atoms. The molecule has 5 nitrogen and oxygen atoms in total. The van der Waals surface area contributed by atoms with Crippen LogP contribution in [0.25, 0.3) is 0 Å². The number of nitrogens with zero attached hydrogens (tertiary/aromatic N) is 1. The largest absolute Gasteiger partial charge is 0.495 e. The van der Waals surface area contributed by atoms with Gasteiger partial charge in [0, 0.05) is 24.7 Å². The van der Waals surface area contributed by atoms with Gasteiger partial charge in [-0.05, 0) is 18.6 Å². The number of anilines is 1. The minimum absolute atomic E-state index is 0.0907. The third kappa shape index (κ3) is 3.47. The fourth-order valence-corrected chi connectivity index (χ4v) is 2.59. The van der Waals surface area contributed by atoms with E-state index in [0.29, 0.717) is 29.4 Å². The molecule has 114 valence electrons. The van der Waals surface area contributed by atoms with Crippen molar-refractivity contribution in [1.29, 1.82) is 0 Å². The van der Waals surface area contributed by atoms with E-state index in [4.69, 9.17) is 16.3 Å². The molecular weight excluding hydrogens is 292 g/mol. The Balaban J connectivity index is 2.32. The number of ether oxygens (including phenoxy) is 1. The highest BCUT2D eigenvalue weighted by atomic mass is 35.5. The topological polar surface area (TPSA) is 58.6 Å². The summed E-state index contributed by atoms with van der Waals surface area (Å²) in [7, 11) is 1.53. The van der Waals surface area contributed by atoms with Gasteiger partial charge in [0.05, 0.1) is 12.1 Å². The normalized spacial score (nSPS) is 19.2. The maximum atomic E-state index is 12.6. The molecular formula is C15H19ClN2O3. The van der Waals surface area contributed by atoms with E-state index in [1.807, 2.05) is 6.92 Å². The molecule has 1 fully saturated rings. The van der Waals surface area contributed by atoms with Gasteiger partial charge in [-0.1, -0.05) is 24.9 Å². The van der Waals surface area contributed by atoms with E-state index in [1.165, 1.54) is 7.11 Å². The molecule has 0 saturated carbocycles. The second kappa shape index (κ2) is 6.80. The minimum Gasteiger partial charge on any atom is -0.495 e. The number of carbonyl (C=O) groups excluding carboxylic acids is 2. The average molecular weight is 311 g/mol. The summed E-state index contributed by atoms with van der Waals surface area (Å²) >= 11 is 6.01. The van der Waals surface area contributed by atoms with Gasteiger partial charge in [0.1, 0.15) is 11.8 Å². The summed E-state index contributed by atoms with van der Waals surface area (Å²) in [5, 5.41) is 3.27. The van der Waals surface area contributed by atoms with E-state index in [-0.39, 0.29) is 18.2 Å². The lowest BCUT2D eigenvalue weighted by Gasteiger charge is -2.24. The summed E-state index contributed by atoms with van der Waals surface area (Å²) in [5.74, 6) is 0.329. The van der Waals surface area contributed by atoms with Gasteiger partial charge < -0.3 is 15.0 Å². The van der Waals surface area contributed by atoms with Crippen LogP contribution in [0.4, 0.5) is 5.69 Å². The Kier molecular flexibility index (Phi) is 5.07. The predicted molar refractivity (Wildman–Crippen MR) is 81.8 cm³/mol. The number of benzene rings is 1. The molecule has 1 aliphatic heterocycles. The van der Waals surface area contributed by atoms with E-state index >= 15 is 0 Å². The molecule has 6 heteroatoms. The van der Waals surface area contributed by atoms with Crippen LogP contribution in [0.2, 0.25) is 5.02 Å². The minimum atomic E-state index is -0.466. The lowest BCUT2D eigenvalue weighted by atomic mass is 10.1. The van der Waals surface area contributed by atoms with Gasteiger partial charge in [0.15, 0.2) is 0 Å². The zero-order chi connectivity index (χ0) is 15.4. The lowest BCUT2D eigenvalue weighted by molar-refractivity contribution is -0.125. The molecule has 21 heavy (non-hydrogen) atoms. The number of halogens is 1. The molecule has 1 heterocycles. The first kappa shape index (κ1) is 15.6. The molecule has 0 aromatic heterocycles. The van der Waals surface area contributed by atoms with Crippen LogP contribution in [-0.4, -0.2) is 31.5 Å². The average Bonchev–Trinajstić information content (AvgIpc) is 2.60. The van der Waals surface area contributed by atoms with E-state index < -0.39 is 6.04 Å². The van der Waals surface area contributed by atoms with Gasteiger partial charge in [-0.2, -0.15) is 0 Å². The molecule has 0 radical (unpaired) electrons. The quantitative estimate of drug-likeness (QED) is 0.929. The van der Waals surface area contributed by atoms with Gasteiger partial charge in [-0.3, -0.25) is 9.59 Å². The molecule has 2 rings (SSSR count). The van der Waals surface area contributed by atoms with E-state index in [2.05, 4.69) is 5.32 Å². The van der Waals surface area contributed by atoms with Gasteiger partial charge in [-0.25, -0.2) is 0 Å². The highest BCUT2D eigenvalue weighted by Gasteiger charge is 2.30. The lowest BCUT2D eigenvalue weighted by Crippen LogP contribution is -2.44. The molecule has 1 N–H and O–H groups in total. The Morgan fingerprint density at radius 2 is 2.19 bits per heavy atom. The monoisotopic (exact) mass is 310 g/mol. The Morgan fingerprint density at radius 3 is 2.86 bits per heavy atom. The predicted octanol–water partition coefficient (Wildman–Crippen LogP) is 2.37. The van der Waals surface area contributed by atoms with Gasteiger partial charge in [0.2, 0.25) is 11.8 Å². The number of methoxy groups -OCH3 is 1. The van der Waals surface area contributed by atoms with Gasteiger partial charge in [-0.15, -0.1) is 0 Å². The van der Waals surface area contributed by atoms with Crippen LogP contribution in [0.1, 0.15) is 26.2 Å². The number of hydrogen-bond acceptors (Lipinski definition) is 3. The van der Waals surface area contributed by atoms with Crippen molar-refractivity contribution in [3.05, 3.63) is 23.2 Å². The second-order valence-corrected chi connectivity index (χ2v) is 5.37. The van der Waals surface area contributed by atoms with Crippen LogP contribution in [0.5, 0.6) is 5.75 Å². The first-order valence-corrected chi connectivity index (χ1v) is 7.39. The van der Waals surface area contributed by atoms with Crippen LogP contribution in [0.15, 0.2) is 18.2 Å². The van der Waals surface area contributed by atoms with Crippen molar-refractivity contribution in [1.82, 2.24) is 5.32 Å². The van der Waals surface area contributed by atoms with E-state index in [9.17, 15) is 9.59 Å². The van der Waals surface area contributed by atoms with Crippen molar-refractivity contribution in [3.63, 3.8) is 0 Å². The third-order valence-corrected chi connectivity index (χ3v) is 3.80. The fraction of sp³-hybridized carbons (Fsp3) is 0.467. The summed E-state index contributed by atoms with van der Waals surface area (Å²) in [6.07, 6.45) is 1.75. The number of hydrogen-bond donors (Lipinski definition) is 1. The van der Waals surface area contributed by atoms with Gasteiger partial charge >= 0.3 is 0 Å². The van der Waals surface area contributed by atoms with Crippen molar-refractivity contribution >= 4 is 29.1 Å². The van der Waals surface area contributed by atoms with Crippen molar-refractivity contribution in [3.8, 4) is 5.75 Å². The number of rotatable bonds is 4. The number of amides is 2.